The molecule has 0 radical (unpaired) electrons. The summed E-state index contributed by atoms with van der Waals surface area (Å²) in [6, 6.07) is 0. The number of hydrogen-bond acceptors (Lipinski definition) is 3. The number of carbonyl (C=O) groups is 1. The fraction of sp³-hybridized carbons (Fsp3) is 0.857. The smallest absolute Gasteiger partial charge is 0.225 e. The largest absolute Gasteiger partial charge is 0.360 e. The van der Waals surface area contributed by atoms with Crippen molar-refractivity contribution in [3.8, 4) is 11.8 Å². The van der Waals surface area contributed by atoms with E-state index in [1.807, 2.05) is 6.92 Å². The lowest BCUT2D eigenvalue weighted by Crippen LogP contribution is -2.60. The summed E-state index contributed by atoms with van der Waals surface area (Å²) in [6.07, 6.45) is 8.98. The molecule has 4 rings (SSSR count). The third kappa shape index (κ3) is 2.15. The first kappa shape index (κ1) is 16.6. The monoisotopic (exact) mass is 330 g/mol. The van der Waals surface area contributed by atoms with Gasteiger partial charge in [0.1, 0.15) is 0 Å². The molecular formula is C21H30O3. The van der Waals surface area contributed by atoms with Crippen molar-refractivity contribution in [2.24, 2.45) is 34.5 Å². The summed E-state index contributed by atoms with van der Waals surface area (Å²) in [5.74, 6) is 6.00. The highest BCUT2D eigenvalue weighted by atomic mass is 16.5. The molecule has 24 heavy (non-hydrogen) atoms. The standard InChI is InChI=1S/C21H30O3/c1-3-9-20-13-21(23,24)18(22)12-14(20)6-7-15-16-5-4-10-19(16,2)11-8-17(15)20/h14-17,23-24H,4-8,10-13H2,1-2H3/t14?,15-,16-,17-,19-,20-/m0/s1. The van der Waals surface area contributed by atoms with Crippen LogP contribution in [0.1, 0.15) is 71.6 Å². The number of Topliss-reactive ketones (excluding diaryl/α,β-unsaturated/α-hetero) is 1. The fourth-order valence-electron chi connectivity index (χ4n) is 7.20. The molecule has 0 aliphatic heterocycles. The van der Waals surface area contributed by atoms with E-state index in [1.54, 1.807) is 0 Å². The molecule has 6 atom stereocenters. The van der Waals surface area contributed by atoms with Crippen LogP contribution < -0.4 is 0 Å². The van der Waals surface area contributed by atoms with Crippen molar-refractivity contribution in [2.45, 2.75) is 77.4 Å². The van der Waals surface area contributed by atoms with Crippen molar-refractivity contribution in [2.75, 3.05) is 0 Å². The van der Waals surface area contributed by atoms with Crippen LogP contribution in [-0.4, -0.2) is 21.8 Å². The predicted octanol–water partition coefficient (Wildman–Crippen LogP) is 3.28. The van der Waals surface area contributed by atoms with Crippen molar-refractivity contribution < 1.29 is 15.0 Å². The first-order valence-electron chi connectivity index (χ1n) is 9.74. The van der Waals surface area contributed by atoms with Gasteiger partial charge in [0.15, 0.2) is 5.78 Å². The van der Waals surface area contributed by atoms with Gasteiger partial charge in [0, 0.05) is 18.3 Å². The number of aliphatic hydroxyl groups is 2. The SMILES string of the molecule is CC#C[C@]12CC(O)(O)C(=O)CC1CC[C@H]1[C@@H]3CCC[C@@]3(C)CC[C@@H]12. The molecule has 2 N–H and O–H groups in total. The van der Waals surface area contributed by atoms with Gasteiger partial charge in [-0.25, -0.2) is 0 Å². The lowest BCUT2D eigenvalue weighted by atomic mass is 9.44. The van der Waals surface area contributed by atoms with Gasteiger partial charge < -0.3 is 10.2 Å². The maximum Gasteiger partial charge on any atom is 0.225 e. The minimum atomic E-state index is -2.18. The molecule has 3 heteroatoms. The molecule has 0 aromatic carbocycles. The Morgan fingerprint density at radius 3 is 2.62 bits per heavy atom. The normalized spacial score (nSPS) is 49.4. The van der Waals surface area contributed by atoms with Gasteiger partial charge in [-0.3, -0.25) is 4.79 Å². The Labute approximate surface area is 145 Å². The minimum Gasteiger partial charge on any atom is -0.360 e. The van der Waals surface area contributed by atoms with Gasteiger partial charge in [-0.1, -0.05) is 19.3 Å². The van der Waals surface area contributed by atoms with E-state index in [-0.39, 0.29) is 24.2 Å². The van der Waals surface area contributed by atoms with Crippen LogP contribution >= 0.6 is 0 Å². The van der Waals surface area contributed by atoms with Crippen molar-refractivity contribution in [3.05, 3.63) is 0 Å². The second-order valence-electron chi connectivity index (χ2n) is 9.27. The van der Waals surface area contributed by atoms with Crippen LogP contribution in [0.15, 0.2) is 0 Å². The summed E-state index contributed by atoms with van der Waals surface area (Å²) in [7, 11) is 0. The Morgan fingerprint density at radius 2 is 1.88 bits per heavy atom. The third-order valence-corrected chi connectivity index (χ3v) is 8.23. The number of carbonyl (C=O) groups excluding carboxylic acids is 1. The van der Waals surface area contributed by atoms with Crippen molar-refractivity contribution >= 4 is 5.78 Å². The van der Waals surface area contributed by atoms with Gasteiger partial charge in [-0.2, -0.15) is 0 Å². The van der Waals surface area contributed by atoms with Gasteiger partial charge in [0.2, 0.25) is 5.79 Å². The van der Waals surface area contributed by atoms with Crippen LogP contribution in [0.4, 0.5) is 0 Å². The number of hydrogen-bond donors (Lipinski definition) is 2. The summed E-state index contributed by atoms with van der Waals surface area (Å²) < 4.78 is 0. The second-order valence-corrected chi connectivity index (χ2v) is 9.27. The Balaban J connectivity index is 1.75. The maximum atomic E-state index is 12.2. The average Bonchev–Trinajstić information content (AvgIpc) is 2.90. The highest BCUT2D eigenvalue weighted by Crippen LogP contribution is 2.66. The van der Waals surface area contributed by atoms with E-state index in [0.717, 1.165) is 18.8 Å². The maximum absolute atomic E-state index is 12.2. The van der Waals surface area contributed by atoms with Crippen molar-refractivity contribution in [1.29, 1.82) is 0 Å². The van der Waals surface area contributed by atoms with Gasteiger partial charge >= 0.3 is 0 Å². The summed E-state index contributed by atoms with van der Waals surface area (Å²) in [5, 5.41) is 20.7. The zero-order valence-electron chi connectivity index (χ0n) is 15.0. The molecule has 0 aromatic heterocycles. The highest BCUT2D eigenvalue weighted by molar-refractivity contribution is 5.86. The molecule has 0 amide bonds. The van der Waals surface area contributed by atoms with Gasteiger partial charge in [-0.05, 0) is 74.5 Å². The Bertz CT molecular complexity index is 612. The molecule has 4 aliphatic carbocycles. The molecule has 0 aromatic rings. The molecule has 4 fully saturated rings. The first-order chi connectivity index (χ1) is 11.3. The lowest BCUT2D eigenvalue weighted by Gasteiger charge is -2.60. The molecule has 0 spiro atoms. The average molecular weight is 330 g/mol. The minimum absolute atomic E-state index is 0.120. The molecule has 0 saturated heterocycles. The molecule has 3 nitrogen and oxygen atoms in total. The predicted molar refractivity (Wildman–Crippen MR) is 91.7 cm³/mol. The first-order valence-corrected chi connectivity index (χ1v) is 9.74. The fourth-order valence-corrected chi connectivity index (χ4v) is 7.20. The van der Waals surface area contributed by atoms with E-state index in [1.165, 1.54) is 32.1 Å². The molecule has 0 heterocycles. The number of rotatable bonds is 0. The molecule has 1 unspecified atom stereocenters. The van der Waals surface area contributed by atoms with Gasteiger partial charge in [0.05, 0.1) is 0 Å². The number of ketones is 1. The van der Waals surface area contributed by atoms with Crippen LogP contribution in [0, 0.1) is 46.3 Å². The van der Waals surface area contributed by atoms with Gasteiger partial charge in [0.25, 0.3) is 0 Å². The zero-order chi connectivity index (χ0) is 17.2. The van der Waals surface area contributed by atoms with E-state index >= 15 is 0 Å². The van der Waals surface area contributed by atoms with Crippen LogP contribution in [-0.2, 0) is 4.79 Å². The Morgan fingerprint density at radius 1 is 1.08 bits per heavy atom. The van der Waals surface area contributed by atoms with Crippen molar-refractivity contribution in [3.63, 3.8) is 0 Å². The summed E-state index contributed by atoms with van der Waals surface area (Å²) in [6.45, 7) is 4.32. The van der Waals surface area contributed by atoms with E-state index in [2.05, 4.69) is 18.8 Å². The number of fused-ring (bicyclic) bond motifs is 5. The van der Waals surface area contributed by atoms with Crippen LogP contribution in [0.5, 0.6) is 0 Å². The quantitative estimate of drug-likeness (QED) is 0.529. The zero-order valence-corrected chi connectivity index (χ0v) is 15.0. The van der Waals surface area contributed by atoms with Crippen LogP contribution in [0.2, 0.25) is 0 Å². The lowest BCUT2D eigenvalue weighted by molar-refractivity contribution is -0.221. The highest BCUT2D eigenvalue weighted by Gasteiger charge is 2.63. The molecular weight excluding hydrogens is 300 g/mol. The summed E-state index contributed by atoms with van der Waals surface area (Å²) in [4.78, 5) is 12.2. The third-order valence-electron chi connectivity index (χ3n) is 8.23. The Hall–Kier alpha value is -0.850. The Kier molecular flexibility index (Phi) is 3.68. The molecule has 4 aliphatic rings. The summed E-state index contributed by atoms with van der Waals surface area (Å²) in [5.41, 5.74) is 0.105. The topological polar surface area (TPSA) is 57.5 Å². The second kappa shape index (κ2) is 5.32. The van der Waals surface area contributed by atoms with E-state index in [0.29, 0.717) is 17.3 Å². The van der Waals surface area contributed by atoms with Crippen LogP contribution in [0.25, 0.3) is 0 Å². The molecule has 132 valence electrons. The van der Waals surface area contributed by atoms with Gasteiger partial charge in [-0.15, -0.1) is 5.92 Å². The van der Waals surface area contributed by atoms with E-state index < -0.39 is 11.6 Å². The van der Waals surface area contributed by atoms with Crippen LogP contribution in [0.3, 0.4) is 0 Å². The van der Waals surface area contributed by atoms with Crippen molar-refractivity contribution in [1.82, 2.24) is 0 Å². The van der Waals surface area contributed by atoms with E-state index in [9.17, 15) is 15.0 Å². The molecule has 4 saturated carbocycles. The molecule has 0 bridgehead atoms. The summed E-state index contributed by atoms with van der Waals surface area (Å²) >= 11 is 0. The van der Waals surface area contributed by atoms with E-state index in [4.69, 9.17) is 0 Å².